The average Bonchev–Trinajstić information content (AvgIpc) is 2.44. The maximum absolute atomic E-state index is 8.88. The molecule has 0 aliphatic carbocycles. The first kappa shape index (κ1) is 14.4. The number of hydrogen-bond donors (Lipinski definition) is 1. The number of aliphatic imine (C=N–C) groups is 1. The number of pyridine rings is 1. The van der Waals surface area contributed by atoms with Gasteiger partial charge in [0.25, 0.3) is 0 Å². The molecule has 1 aromatic heterocycles. The Bertz CT molecular complexity index is 584. The third kappa shape index (κ3) is 3.72. The van der Waals surface area contributed by atoms with Crippen LogP contribution in [0.25, 0.3) is 5.57 Å². The number of hydrogen-bond acceptors (Lipinski definition) is 5. The summed E-state index contributed by atoms with van der Waals surface area (Å²) in [6.07, 6.45) is 13.8. The van der Waals surface area contributed by atoms with E-state index >= 15 is 0 Å². The fourth-order valence-electron chi connectivity index (χ4n) is 1.91. The number of aromatic nitrogens is 1. The van der Waals surface area contributed by atoms with Crippen LogP contribution < -0.4 is 5.32 Å². The number of rotatable bonds is 4. The van der Waals surface area contributed by atoms with E-state index < -0.39 is 0 Å². The van der Waals surface area contributed by atoms with E-state index in [-0.39, 0.29) is 5.25 Å². The van der Waals surface area contributed by atoms with E-state index in [9.17, 15) is 0 Å². The second-order valence-corrected chi connectivity index (χ2v) is 5.30. The van der Waals surface area contributed by atoms with Crippen molar-refractivity contribution >= 4 is 23.7 Å². The first-order valence-electron chi connectivity index (χ1n) is 6.31. The Labute approximate surface area is 123 Å². The summed E-state index contributed by atoms with van der Waals surface area (Å²) in [5.74, 6) is 0. The second kappa shape index (κ2) is 7.51. The third-order valence-electron chi connectivity index (χ3n) is 2.94. The number of nitriles is 1. The Morgan fingerprint density at radius 1 is 1.50 bits per heavy atom. The molecule has 4 nitrogen and oxygen atoms in total. The zero-order valence-corrected chi connectivity index (χ0v) is 12.1. The highest BCUT2D eigenvalue weighted by Gasteiger charge is 2.11. The molecule has 1 unspecified atom stereocenters. The van der Waals surface area contributed by atoms with Gasteiger partial charge in [-0.3, -0.25) is 9.98 Å². The molecule has 0 amide bonds. The zero-order valence-electron chi connectivity index (χ0n) is 11.3. The number of thioether (sulfide) groups is 1. The number of nitrogens with zero attached hydrogens (tertiary/aromatic N) is 3. The minimum Gasteiger partial charge on any atom is -0.352 e. The molecule has 102 valence electrons. The summed E-state index contributed by atoms with van der Waals surface area (Å²) in [7, 11) is 0. The van der Waals surface area contributed by atoms with Crippen LogP contribution in [0.1, 0.15) is 22.8 Å². The van der Waals surface area contributed by atoms with Gasteiger partial charge in [0, 0.05) is 29.4 Å². The molecule has 5 heteroatoms. The van der Waals surface area contributed by atoms with Crippen LogP contribution in [-0.4, -0.2) is 24.1 Å². The summed E-state index contributed by atoms with van der Waals surface area (Å²) >= 11 is 1.67. The fraction of sp³-hybridized carbons (Fsp3) is 0.267. The third-order valence-corrected chi connectivity index (χ3v) is 3.95. The molecule has 2 rings (SSSR count). The summed E-state index contributed by atoms with van der Waals surface area (Å²) in [6, 6.07) is 4.33. The molecule has 0 fully saturated rings. The largest absolute Gasteiger partial charge is 0.352 e. The van der Waals surface area contributed by atoms with Crippen molar-refractivity contribution in [1.29, 1.82) is 5.26 Å². The van der Waals surface area contributed by atoms with Gasteiger partial charge in [0.2, 0.25) is 0 Å². The Balaban J connectivity index is 2.29. The fourth-order valence-corrected chi connectivity index (χ4v) is 2.55. The molecular weight excluding hydrogens is 268 g/mol. The van der Waals surface area contributed by atoms with Crippen LogP contribution in [0.3, 0.4) is 0 Å². The van der Waals surface area contributed by atoms with Gasteiger partial charge in [-0.1, -0.05) is 12.2 Å². The monoisotopic (exact) mass is 284 g/mol. The van der Waals surface area contributed by atoms with Gasteiger partial charge in [-0.25, -0.2) is 0 Å². The molecular formula is C15H16N4S. The van der Waals surface area contributed by atoms with E-state index in [2.05, 4.69) is 27.4 Å². The van der Waals surface area contributed by atoms with E-state index in [0.29, 0.717) is 13.0 Å². The maximum Gasteiger partial charge on any atom is 0.0867 e. The average molecular weight is 284 g/mol. The highest BCUT2D eigenvalue weighted by Crippen LogP contribution is 2.30. The van der Waals surface area contributed by atoms with Crippen molar-refractivity contribution < 1.29 is 0 Å². The molecule has 0 spiro atoms. The van der Waals surface area contributed by atoms with Gasteiger partial charge in [0.1, 0.15) is 0 Å². The Morgan fingerprint density at radius 2 is 2.40 bits per heavy atom. The normalized spacial score (nSPS) is 15.5. The predicted molar refractivity (Wildman–Crippen MR) is 84.3 cm³/mol. The summed E-state index contributed by atoms with van der Waals surface area (Å²) < 4.78 is 0. The molecule has 2 heterocycles. The number of nitrogens with one attached hydrogen (secondary N) is 1. The van der Waals surface area contributed by atoms with E-state index in [1.807, 2.05) is 37.0 Å². The Morgan fingerprint density at radius 3 is 3.20 bits per heavy atom. The standard InChI is InChI=1S/C15H16N4S/c1-20-15(4-5-16)14-7-13(9-18-10-14)12-3-2-6-17-11-19-8-12/h2-3,7-11,15H,4,6H2,1H3,(H,17,19). The first-order chi connectivity index (χ1) is 9.85. The topological polar surface area (TPSA) is 61.1 Å². The molecule has 0 aromatic carbocycles. The second-order valence-electron chi connectivity index (χ2n) is 4.26. The van der Waals surface area contributed by atoms with E-state index in [4.69, 9.17) is 5.26 Å². The molecule has 1 aliphatic rings. The van der Waals surface area contributed by atoms with E-state index in [0.717, 1.165) is 16.7 Å². The van der Waals surface area contributed by atoms with E-state index in [1.54, 1.807) is 18.1 Å². The summed E-state index contributed by atoms with van der Waals surface area (Å²) in [5, 5.41) is 12.1. The highest BCUT2D eigenvalue weighted by molar-refractivity contribution is 7.98. The first-order valence-corrected chi connectivity index (χ1v) is 7.60. The lowest BCUT2D eigenvalue weighted by molar-refractivity contribution is 0.968. The lowest BCUT2D eigenvalue weighted by atomic mass is 10.0. The highest BCUT2D eigenvalue weighted by atomic mass is 32.2. The van der Waals surface area contributed by atoms with Crippen molar-refractivity contribution in [2.75, 3.05) is 12.8 Å². The van der Waals surface area contributed by atoms with Gasteiger partial charge in [0.05, 0.1) is 25.4 Å². The Hall–Kier alpha value is -2.06. The van der Waals surface area contributed by atoms with Crippen molar-refractivity contribution in [2.24, 2.45) is 4.99 Å². The van der Waals surface area contributed by atoms with Gasteiger partial charge in [-0.2, -0.15) is 17.0 Å². The van der Waals surface area contributed by atoms with Crippen molar-refractivity contribution in [3.8, 4) is 6.07 Å². The quantitative estimate of drug-likeness (QED) is 0.923. The van der Waals surface area contributed by atoms with Gasteiger partial charge >= 0.3 is 0 Å². The van der Waals surface area contributed by atoms with Crippen LogP contribution in [-0.2, 0) is 0 Å². The van der Waals surface area contributed by atoms with Crippen LogP contribution in [0.5, 0.6) is 0 Å². The smallest absolute Gasteiger partial charge is 0.0867 e. The van der Waals surface area contributed by atoms with Crippen LogP contribution in [0.4, 0.5) is 0 Å². The van der Waals surface area contributed by atoms with Crippen LogP contribution in [0, 0.1) is 11.3 Å². The summed E-state index contributed by atoms with van der Waals surface area (Å²) in [4.78, 5) is 8.43. The van der Waals surface area contributed by atoms with Gasteiger partial charge in [-0.05, 0) is 23.5 Å². The Kier molecular flexibility index (Phi) is 5.39. The molecule has 1 aromatic rings. The molecule has 0 radical (unpaired) electrons. The molecule has 1 N–H and O–H groups in total. The minimum absolute atomic E-state index is 0.167. The zero-order chi connectivity index (χ0) is 14.2. The van der Waals surface area contributed by atoms with Crippen molar-refractivity contribution in [1.82, 2.24) is 10.3 Å². The molecule has 1 aliphatic heterocycles. The minimum atomic E-state index is 0.167. The van der Waals surface area contributed by atoms with Crippen LogP contribution in [0.2, 0.25) is 0 Å². The van der Waals surface area contributed by atoms with Crippen LogP contribution >= 0.6 is 11.8 Å². The lowest BCUT2D eigenvalue weighted by Crippen LogP contribution is -2.04. The van der Waals surface area contributed by atoms with Crippen LogP contribution in [0.15, 0.2) is 41.8 Å². The summed E-state index contributed by atoms with van der Waals surface area (Å²) in [6.45, 7) is 0.666. The van der Waals surface area contributed by atoms with Crippen molar-refractivity contribution in [3.05, 3.63) is 47.9 Å². The summed E-state index contributed by atoms with van der Waals surface area (Å²) in [5.41, 5.74) is 3.18. The molecule has 0 bridgehead atoms. The van der Waals surface area contributed by atoms with Crippen molar-refractivity contribution in [3.63, 3.8) is 0 Å². The maximum atomic E-state index is 8.88. The van der Waals surface area contributed by atoms with E-state index in [1.165, 1.54) is 0 Å². The van der Waals surface area contributed by atoms with Gasteiger partial charge < -0.3 is 5.32 Å². The predicted octanol–water partition coefficient (Wildman–Crippen LogP) is 2.93. The molecule has 1 atom stereocenters. The lowest BCUT2D eigenvalue weighted by Gasteiger charge is -2.12. The molecule has 0 saturated carbocycles. The van der Waals surface area contributed by atoms with Gasteiger partial charge in [-0.15, -0.1) is 0 Å². The molecule has 0 saturated heterocycles. The van der Waals surface area contributed by atoms with Crippen molar-refractivity contribution in [2.45, 2.75) is 11.7 Å². The molecule has 20 heavy (non-hydrogen) atoms. The number of allylic oxidation sites excluding steroid dienone is 2. The van der Waals surface area contributed by atoms with Gasteiger partial charge in [0.15, 0.2) is 0 Å². The SMILES string of the molecule is CSC(CC#N)c1cncc(C2=CNC=NCC=C2)c1.